The van der Waals surface area contributed by atoms with E-state index in [0.717, 1.165) is 52.2 Å². The van der Waals surface area contributed by atoms with Gasteiger partial charge in [-0.1, -0.05) is 23.7 Å². The monoisotopic (exact) mass is 396 g/mol. The van der Waals surface area contributed by atoms with Crippen LogP contribution in [0.25, 0.3) is 10.9 Å². The van der Waals surface area contributed by atoms with Crippen LogP contribution in [0, 0.1) is 20.8 Å². The first-order valence-electron chi connectivity index (χ1n) is 9.70. The summed E-state index contributed by atoms with van der Waals surface area (Å²) in [5, 5.41) is 5.06. The second-order valence-electron chi connectivity index (χ2n) is 7.72. The zero-order valence-electron chi connectivity index (χ0n) is 16.5. The number of carbonyl (C=O) groups is 1. The Morgan fingerprint density at radius 3 is 2.89 bits per heavy atom. The van der Waals surface area contributed by atoms with Crippen molar-refractivity contribution < 1.29 is 9.53 Å². The highest BCUT2D eigenvalue weighted by Gasteiger charge is 2.24. The van der Waals surface area contributed by atoms with Gasteiger partial charge in [-0.15, -0.1) is 0 Å². The highest BCUT2D eigenvalue weighted by atomic mass is 35.5. The van der Waals surface area contributed by atoms with Gasteiger partial charge in [-0.25, -0.2) is 0 Å². The molecule has 28 heavy (non-hydrogen) atoms. The van der Waals surface area contributed by atoms with E-state index in [-0.39, 0.29) is 18.6 Å². The van der Waals surface area contributed by atoms with Gasteiger partial charge in [0.05, 0.1) is 0 Å². The Morgan fingerprint density at radius 1 is 1.25 bits per heavy atom. The minimum Gasteiger partial charge on any atom is -0.483 e. The molecule has 0 radical (unpaired) electrons. The number of nitrogens with one attached hydrogen (secondary N) is 2. The number of aromatic amines is 1. The molecule has 5 heteroatoms. The molecule has 4 nitrogen and oxygen atoms in total. The van der Waals surface area contributed by atoms with E-state index in [4.69, 9.17) is 16.3 Å². The number of hydrogen-bond acceptors (Lipinski definition) is 2. The van der Waals surface area contributed by atoms with Crippen molar-refractivity contribution in [2.45, 2.75) is 46.1 Å². The summed E-state index contributed by atoms with van der Waals surface area (Å²) in [6.07, 6.45) is 2.65. The Kier molecular flexibility index (Phi) is 5.07. The minimum atomic E-state index is -0.0802. The van der Waals surface area contributed by atoms with Crippen LogP contribution in [0.5, 0.6) is 5.75 Å². The molecule has 2 N–H and O–H groups in total. The second-order valence-corrected chi connectivity index (χ2v) is 8.16. The molecular weight excluding hydrogens is 372 g/mol. The number of H-pyrrole nitrogens is 1. The lowest BCUT2D eigenvalue weighted by Gasteiger charge is -2.24. The van der Waals surface area contributed by atoms with Gasteiger partial charge < -0.3 is 15.0 Å². The SMILES string of the molecule is Cc1cccc(OCC(=O)NC2CCc3[nH]c4c(C)cc(Cl)cc4c3C2)c1C. The summed E-state index contributed by atoms with van der Waals surface area (Å²) in [5.74, 6) is 0.686. The smallest absolute Gasteiger partial charge is 0.258 e. The van der Waals surface area contributed by atoms with Crippen molar-refractivity contribution in [3.8, 4) is 5.75 Å². The molecule has 1 heterocycles. The van der Waals surface area contributed by atoms with Crippen molar-refractivity contribution in [1.82, 2.24) is 10.3 Å². The quantitative estimate of drug-likeness (QED) is 0.665. The molecule has 1 unspecified atom stereocenters. The van der Waals surface area contributed by atoms with Crippen molar-refractivity contribution >= 4 is 28.4 Å². The summed E-state index contributed by atoms with van der Waals surface area (Å²) in [5.41, 5.74) is 7.07. The predicted molar refractivity (Wildman–Crippen MR) is 113 cm³/mol. The number of hydrogen-bond donors (Lipinski definition) is 2. The summed E-state index contributed by atoms with van der Waals surface area (Å²) in [4.78, 5) is 16.0. The van der Waals surface area contributed by atoms with Crippen LogP contribution in [0.3, 0.4) is 0 Å². The van der Waals surface area contributed by atoms with Crippen LogP contribution in [0.4, 0.5) is 0 Å². The molecule has 0 fully saturated rings. The summed E-state index contributed by atoms with van der Waals surface area (Å²) in [6.45, 7) is 6.15. The first kappa shape index (κ1) is 18.9. The van der Waals surface area contributed by atoms with E-state index in [1.54, 1.807) is 0 Å². The van der Waals surface area contributed by atoms with Crippen molar-refractivity contribution in [1.29, 1.82) is 0 Å². The van der Waals surface area contributed by atoms with Gasteiger partial charge in [0.1, 0.15) is 5.75 Å². The fourth-order valence-electron chi connectivity index (χ4n) is 4.07. The number of ether oxygens (including phenoxy) is 1. The van der Waals surface area contributed by atoms with Gasteiger partial charge in [0.25, 0.3) is 5.91 Å². The molecule has 4 rings (SSSR count). The Morgan fingerprint density at radius 2 is 2.07 bits per heavy atom. The van der Waals surface area contributed by atoms with Crippen LogP contribution in [0.1, 0.15) is 34.4 Å². The maximum Gasteiger partial charge on any atom is 0.258 e. The Hall–Kier alpha value is -2.46. The fourth-order valence-corrected chi connectivity index (χ4v) is 4.34. The first-order chi connectivity index (χ1) is 13.4. The Labute approximate surface area is 170 Å². The van der Waals surface area contributed by atoms with Gasteiger partial charge in [-0.2, -0.15) is 0 Å². The van der Waals surface area contributed by atoms with E-state index in [9.17, 15) is 4.79 Å². The van der Waals surface area contributed by atoms with Crippen molar-refractivity contribution in [3.05, 3.63) is 63.3 Å². The average Bonchev–Trinajstić information content (AvgIpc) is 3.01. The van der Waals surface area contributed by atoms with E-state index in [1.807, 2.05) is 44.2 Å². The van der Waals surface area contributed by atoms with Crippen LogP contribution >= 0.6 is 11.6 Å². The third-order valence-corrected chi connectivity index (χ3v) is 5.96. The fraction of sp³-hybridized carbons (Fsp3) is 0.348. The molecule has 1 aliphatic carbocycles. The summed E-state index contributed by atoms with van der Waals surface area (Å²) in [6, 6.07) is 10.0. The number of fused-ring (bicyclic) bond motifs is 3. The lowest BCUT2D eigenvalue weighted by molar-refractivity contribution is -0.123. The number of carbonyl (C=O) groups excluding carboxylic acids is 1. The summed E-state index contributed by atoms with van der Waals surface area (Å²) in [7, 11) is 0. The van der Waals surface area contributed by atoms with Gasteiger partial charge in [-0.3, -0.25) is 4.79 Å². The number of halogens is 1. The van der Waals surface area contributed by atoms with Crippen molar-refractivity contribution in [2.24, 2.45) is 0 Å². The van der Waals surface area contributed by atoms with E-state index in [0.29, 0.717) is 0 Å². The average molecular weight is 397 g/mol. The van der Waals surface area contributed by atoms with Gasteiger partial charge in [0.2, 0.25) is 0 Å². The number of amides is 1. The van der Waals surface area contributed by atoms with Crippen LogP contribution in [0.15, 0.2) is 30.3 Å². The molecular formula is C23H25ClN2O2. The number of aromatic nitrogens is 1. The molecule has 146 valence electrons. The number of aryl methyl sites for hydroxylation is 3. The molecule has 3 aromatic rings. The molecule has 1 amide bonds. The predicted octanol–water partition coefficient (Wildman–Crippen LogP) is 4.80. The van der Waals surface area contributed by atoms with Gasteiger partial charge in [0.15, 0.2) is 6.61 Å². The maximum absolute atomic E-state index is 12.4. The van der Waals surface area contributed by atoms with Crippen LogP contribution in [-0.2, 0) is 17.6 Å². The first-order valence-corrected chi connectivity index (χ1v) is 10.1. The molecule has 1 atom stereocenters. The third kappa shape index (κ3) is 3.61. The highest BCUT2D eigenvalue weighted by Crippen LogP contribution is 2.33. The van der Waals surface area contributed by atoms with E-state index in [1.165, 1.54) is 16.6 Å². The van der Waals surface area contributed by atoms with E-state index < -0.39 is 0 Å². The van der Waals surface area contributed by atoms with Crippen molar-refractivity contribution in [3.63, 3.8) is 0 Å². The third-order valence-electron chi connectivity index (χ3n) is 5.74. The Bertz CT molecular complexity index is 1050. The summed E-state index contributed by atoms with van der Waals surface area (Å²) >= 11 is 6.27. The van der Waals surface area contributed by atoms with Gasteiger partial charge in [0, 0.05) is 27.7 Å². The lowest BCUT2D eigenvalue weighted by atomic mass is 9.91. The van der Waals surface area contributed by atoms with E-state index in [2.05, 4.69) is 17.2 Å². The number of benzene rings is 2. The normalized spacial score (nSPS) is 16.1. The van der Waals surface area contributed by atoms with Crippen LogP contribution in [-0.4, -0.2) is 23.5 Å². The maximum atomic E-state index is 12.4. The Balaban J connectivity index is 1.43. The summed E-state index contributed by atoms with van der Waals surface area (Å²) < 4.78 is 5.74. The molecule has 0 saturated heterocycles. The molecule has 1 aliphatic rings. The lowest BCUT2D eigenvalue weighted by Crippen LogP contribution is -2.41. The van der Waals surface area contributed by atoms with Crippen LogP contribution in [0.2, 0.25) is 5.02 Å². The second kappa shape index (κ2) is 7.51. The van der Waals surface area contributed by atoms with Crippen molar-refractivity contribution in [2.75, 3.05) is 6.61 Å². The number of rotatable bonds is 4. The molecule has 2 aromatic carbocycles. The zero-order chi connectivity index (χ0) is 19.8. The minimum absolute atomic E-state index is 0.0342. The highest BCUT2D eigenvalue weighted by molar-refractivity contribution is 6.31. The van der Waals surface area contributed by atoms with E-state index >= 15 is 0 Å². The standard InChI is InChI=1S/C23H25ClN2O2/c1-13-5-4-6-21(15(13)3)28-12-22(27)25-17-7-8-20-18(11-17)19-10-16(24)9-14(2)23(19)26-20/h4-6,9-10,17,26H,7-8,11-12H2,1-3H3,(H,25,27). The largest absolute Gasteiger partial charge is 0.483 e. The molecule has 0 spiro atoms. The molecule has 0 aliphatic heterocycles. The molecule has 1 aromatic heterocycles. The zero-order valence-corrected chi connectivity index (χ0v) is 17.2. The molecule has 0 saturated carbocycles. The van der Waals surface area contributed by atoms with Crippen LogP contribution < -0.4 is 10.1 Å². The van der Waals surface area contributed by atoms with Gasteiger partial charge >= 0.3 is 0 Å². The topological polar surface area (TPSA) is 54.1 Å². The van der Waals surface area contributed by atoms with Gasteiger partial charge in [-0.05, 0) is 80.5 Å². The molecule has 0 bridgehead atoms.